The lowest BCUT2D eigenvalue weighted by atomic mass is 9.72. The van der Waals surface area contributed by atoms with Gasteiger partial charge in [0.15, 0.2) is 0 Å². The maximum absolute atomic E-state index is 10.5. The van der Waals surface area contributed by atoms with E-state index in [2.05, 4.69) is 19.2 Å². The molecule has 1 aliphatic heterocycles. The monoisotopic (exact) mass is 169 g/mol. The van der Waals surface area contributed by atoms with E-state index in [4.69, 9.17) is 0 Å². The van der Waals surface area contributed by atoms with Crippen LogP contribution in [-0.2, 0) is 0 Å². The van der Waals surface area contributed by atoms with Crippen LogP contribution >= 0.6 is 0 Å². The summed E-state index contributed by atoms with van der Waals surface area (Å²) in [6, 6.07) is 0. The van der Waals surface area contributed by atoms with Crippen LogP contribution in [0.2, 0.25) is 0 Å². The molecule has 0 aromatic heterocycles. The molecule has 0 amide bonds. The molecule has 1 saturated carbocycles. The molecule has 2 heteroatoms. The molecular formula is C10H19NO. The van der Waals surface area contributed by atoms with Crippen molar-refractivity contribution >= 4 is 0 Å². The van der Waals surface area contributed by atoms with Crippen molar-refractivity contribution < 1.29 is 5.11 Å². The first kappa shape index (κ1) is 8.52. The Morgan fingerprint density at radius 3 is 2.08 bits per heavy atom. The molecule has 2 nitrogen and oxygen atoms in total. The van der Waals surface area contributed by atoms with Crippen LogP contribution in [0.3, 0.4) is 0 Å². The van der Waals surface area contributed by atoms with Crippen molar-refractivity contribution in [2.45, 2.75) is 32.3 Å². The van der Waals surface area contributed by atoms with Crippen LogP contribution in [0.4, 0.5) is 0 Å². The van der Waals surface area contributed by atoms with E-state index in [1.54, 1.807) is 0 Å². The highest BCUT2D eigenvalue weighted by molar-refractivity contribution is 5.03. The summed E-state index contributed by atoms with van der Waals surface area (Å²) in [6.07, 6.45) is 2.48. The first-order valence-electron chi connectivity index (χ1n) is 5.08. The van der Waals surface area contributed by atoms with E-state index in [1.807, 2.05) is 0 Å². The molecule has 3 atom stereocenters. The third-order valence-electron chi connectivity index (χ3n) is 3.71. The predicted molar refractivity (Wildman–Crippen MR) is 48.9 cm³/mol. The quantitative estimate of drug-likeness (QED) is 0.614. The molecular weight excluding hydrogens is 150 g/mol. The number of hydrogen-bond donors (Lipinski definition) is 2. The fourth-order valence-corrected chi connectivity index (χ4v) is 2.68. The van der Waals surface area contributed by atoms with Crippen LogP contribution in [0.15, 0.2) is 0 Å². The van der Waals surface area contributed by atoms with Gasteiger partial charge >= 0.3 is 0 Å². The lowest BCUT2D eigenvalue weighted by Crippen LogP contribution is -2.56. The molecule has 0 unspecified atom stereocenters. The van der Waals surface area contributed by atoms with E-state index in [-0.39, 0.29) is 5.60 Å². The Balaban J connectivity index is 2.15. The maximum Gasteiger partial charge on any atom is 0.0750 e. The van der Waals surface area contributed by atoms with Gasteiger partial charge in [-0.25, -0.2) is 0 Å². The smallest absolute Gasteiger partial charge is 0.0750 e. The first-order valence-corrected chi connectivity index (χ1v) is 5.08. The molecule has 0 aromatic rings. The summed E-state index contributed by atoms with van der Waals surface area (Å²) in [6.45, 7) is 6.30. The molecule has 2 fully saturated rings. The summed E-state index contributed by atoms with van der Waals surface area (Å²) in [7, 11) is 0. The zero-order chi connectivity index (χ0) is 8.77. The van der Waals surface area contributed by atoms with Crippen LogP contribution in [0.5, 0.6) is 0 Å². The van der Waals surface area contributed by atoms with E-state index in [1.165, 1.54) is 12.8 Å². The predicted octanol–water partition coefficient (Wildman–Crippen LogP) is 1.00. The Labute approximate surface area is 74.4 Å². The van der Waals surface area contributed by atoms with E-state index in [0.29, 0.717) is 17.8 Å². The second-order valence-electron chi connectivity index (χ2n) is 4.62. The highest BCUT2D eigenvalue weighted by Gasteiger charge is 2.51. The Kier molecular flexibility index (Phi) is 1.92. The minimum absolute atomic E-state index is 0.356. The number of aliphatic hydroxyl groups is 1. The summed E-state index contributed by atoms with van der Waals surface area (Å²) >= 11 is 0. The molecule has 1 saturated heterocycles. The van der Waals surface area contributed by atoms with Crippen LogP contribution < -0.4 is 5.32 Å². The van der Waals surface area contributed by atoms with Crippen molar-refractivity contribution in [3.05, 3.63) is 0 Å². The Hall–Kier alpha value is -0.0800. The van der Waals surface area contributed by atoms with E-state index >= 15 is 0 Å². The fourth-order valence-electron chi connectivity index (χ4n) is 2.68. The van der Waals surface area contributed by atoms with Crippen LogP contribution in [-0.4, -0.2) is 23.8 Å². The van der Waals surface area contributed by atoms with Gasteiger partial charge in [0.1, 0.15) is 0 Å². The molecule has 0 radical (unpaired) electrons. The highest BCUT2D eigenvalue weighted by Crippen LogP contribution is 2.48. The minimum atomic E-state index is -0.356. The van der Waals surface area contributed by atoms with E-state index in [0.717, 1.165) is 13.1 Å². The van der Waals surface area contributed by atoms with Gasteiger partial charge in [-0.05, 0) is 30.6 Å². The number of hydrogen-bond acceptors (Lipinski definition) is 2. The maximum atomic E-state index is 10.5. The summed E-state index contributed by atoms with van der Waals surface area (Å²) < 4.78 is 0. The van der Waals surface area contributed by atoms with Crippen LogP contribution in [0.25, 0.3) is 0 Å². The SMILES string of the molecule is C[C@@H]1CNC[C@H](C)[C@]1(O)C1CC1. The molecule has 0 aromatic carbocycles. The number of rotatable bonds is 1. The molecule has 0 bridgehead atoms. The Morgan fingerprint density at radius 2 is 1.67 bits per heavy atom. The third kappa shape index (κ3) is 1.09. The molecule has 70 valence electrons. The lowest BCUT2D eigenvalue weighted by molar-refractivity contribution is -0.0918. The van der Waals surface area contributed by atoms with Gasteiger partial charge < -0.3 is 10.4 Å². The largest absolute Gasteiger partial charge is 0.389 e. The lowest BCUT2D eigenvalue weighted by Gasteiger charge is -2.44. The third-order valence-corrected chi connectivity index (χ3v) is 3.71. The Morgan fingerprint density at radius 1 is 1.17 bits per heavy atom. The number of piperidine rings is 1. The summed E-state index contributed by atoms with van der Waals surface area (Å²) in [5, 5.41) is 13.9. The standard InChI is InChI=1S/C10H19NO/c1-7-5-11-6-8(2)10(7,12)9-3-4-9/h7-9,11-12H,3-6H2,1-2H3/t7-,8+,10+. The van der Waals surface area contributed by atoms with Crippen molar-refractivity contribution in [2.75, 3.05) is 13.1 Å². The van der Waals surface area contributed by atoms with Gasteiger partial charge in [-0.1, -0.05) is 13.8 Å². The number of nitrogens with one attached hydrogen (secondary N) is 1. The van der Waals surface area contributed by atoms with Crippen molar-refractivity contribution in [1.82, 2.24) is 5.32 Å². The minimum Gasteiger partial charge on any atom is -0.389 e. The van der Waals surface area contributed by atoms with Crippen molar-refractivity contribution in [3.8, 4) is 0 Å². The highest BCUT2D eigenvalue weighted by atomic mass is 16.3. The van der Waals surface area contributed by atoms with Crippen molar-refractivity contribution in [1.29, 1.82) is 0 Å². The van der Waals surface area contributed by atoms with Gasteiger partial charge in [-0.3, -0.25) is 0 Å². The van der Waals surface area contributed by atoms with Gasteiger partial charge in [0.25, 0.3) is 0 Å². The molecule has 1 aliphatic carbocycles. The molecule has 2 rings (SSSR count). The van der Waals surface area contributed by atoms with Gasteiger partial charge in [-0.15, -0.1) is 0 Å². The van der Waals surface area contributed by atoms with Crippen molar-refractivity contribution in [2.24, 2.45) is 17.8 Å². The molecule has 12 heavy (non-hydrogen) atoms. The normalized spacial score (nSPS) is 49.2. The van der Waals surface area contributed by atoms with Gasteiger partial charge in [0.2, 0.25) is 0 Å². The molecule has 1 heterocycles. The van der Waals surface area contributed by atoms with E-state index in [9.17, 15) is 5.11 Å². The summed E-state index contributed by atoms with van der Waals surface area (Å²) in [5.41, 5.74) is -0.356. The zero-order valence-electron chi connectivity index (χ0n) is 8.01. The molecule has 0 spiro atoms. The van der Waals surface area contributed by atoms with E-state index < -0.39 is 0 Å². The Bertz CT molecular complexity index is 167. The van der Waals surface area contributed by atoms with Gasteiger partial charge in [0, 0.05) is 13.1 Å². The second-order valence-corrected chi connectivity index (χ2v) is 4.62. The summed E-state index contributed by atoms with van der Waals surface area (Å²) in [4.78, 5) is 0. The average Bonchev–Trinajstić information content (AvgIpc) is 2.82. The van der Waals surface area contributed by atoms with Crippen molar-refractivity contribution in [3.63, 3.8) is 0 Å². The van der Waals surface area contributed by atoms with Crippen LogP contribution in [0.1, 0.15) is 26.7 Å². The average molecular weight is 169 g/mol. The van der Waals surface area contributed by atoms with Crippen LogP contribution in [0, 0.1) is 17.8 Å². The van der Waals surface area contributed by atoms with Gasteiger partial charge in [-0.2, -0.15) is 0 Å². The zero-order valence-corrected chi connectivity index (χ0v) is 8.01. The molecule has 2 aliphatic rings. The topological polar surface area (TPSA) is 32.3 Å². The fraction of sp³-hybridized carbons (Fsp3) is 1.00. The molecule has 2 N–H and O–H groups in total. The second kappa shape index (κ2) is 2.71. The first-order chi connectivity index (χ1) is 5.65. The summed E-state index contributed by atoms with van der Waals surface area (Å²) in [5.74, 6) is 1.45. The van der Waals surface area contributed by atoms with Gasteiger partial charge in [0.05, 0.1) is 5.60 Å².